The number of ether oxygens (including phenoxy) is 1. The lowest BCUT2D eigenvalue weighted by atomic mass is 10.4. The van der Waals surface area contributed by atoms with Gasteiger partial charge in [0.25, 0.3) is 0 Å². The highest BCUT2D eigenvalue weighted by Crippen LogP contribution is 1.92. The van der Waals surface area contributed by atoms with Gasteiger partial charge in [-0.25, -0.2) is 0 Å². The van der Waals surface area contributed by atoms with Crippen LogP contribution >= 0.6 is 11.8 Å². The molecule has 0 aromatic rings. The molecule has 0 aliphatic heterocycles. The van der Waals surface area contributed by atoms with Crippen molar-refractivity contribution in [3.05, 3.63) is 12.0 Å². The molecule has 0 atom stereocenters. The third-order valence-corrected chi connectivity index (χ3v) is 1.17. The number of nitrogens with zero attached hydrogens (tertiary/aromatic N) is 1. The van der Waals surface area contributed by atoms with E-state index in [2.05, 4.69) is 11.4 Å². The number of hydrogen-bond acceptors (Lipinski definition) is 3. The van der Waals surface area contributed by atoms with Gasteiger partial charge in [-0.15, -0.1) is 0 Å². The molecule has 0 rings (SSSR count). The van der Waals surface area contributed by atoms with E-state index in [4.69, 9.17) is 22.2 Å². The van der Waals surface area contributed by atoms with Crippen molar-refractivity contribution in [1.82, 2.24) is 0 Å². The van der Waals surface area contributed by atoms with Gasteiger partial charge in [0.1, 0.15) is 0 Å². The summed E-state index contributed by atoms with van der Waals surface area (Å²) in [4.78, 5) is 0. The van der Waals surface area contributed by atoms with E-state index in [1.165, 1.54) is 12.3 Å². The molecule has 3 nitrogen and oxygen atoms in total. The Morgan fingerprint density at radius 3 is 3.00 bits per heavy atom. The van der Waals surface area contributed by atoms with E-state index in [9.17, 15) is 0 Å². The number of hydrogen-bond donors (Lipinski definition) is 1. The van der Waals surface area contributed by atoms with Crippen LogP contribution in [-0.4, -0.2) is 12.8 Å². The Morgan fingerprint density at radius 1 is 1.73 bits per heavy atom. The fraction of sp³-hybridized carbons (Fsp3) is 0.571. The molecule has 0 saturated heterocycles. The molecule has 64 valence electrons. The van der Waals surface area contributed by atoms with E-state index in [-0.39, 0.29) is 0 Å². The lowest BCUT2D eigenvalue weighted by molar-refractivity contribution is 0.205. The largest absolute Gasteiger partial charge is 0.479 e. The topological polar surface area (TPSA) is 47.6 Å². The van der Waals surface area contributed by atoms with Crippen LogP contribution < -0.4 is 5.73 Å². The van der Waals surface area contributed by atoms with Gasteiger partial charge in [0.05, 0.1) is 6.61 Å². The molecule has 0 bridgehead atoms. The van der Waals surface area contributed by atoms with Crippen LogP contribution in [0.3, 0.4) is 0 Å². The average Bonchev–Trinajstić information content (AvgIpc) is 2.01. The first-order chi connectivity index (χ1) is 5.31. The summed E-state index contributed by atoms with van der Waals surface area (Å²) in [5.41, 5.74) is 5.39. The van der Waals surface area contributed by atoms with E-state index in [0.29, 0.717) is 12.5 Å². The Hall–Kier alpha value is -0.700. The van der Waals surface area contributed by atoms with Gasteiger partial charge >= 0.3 is 0 Å². The summed E-state index contributed by atoms with van der Waals surface area (Å²) >= 11 is 5.02. The van der Waals surface area contributed by atoms with Gasteiger partial charge in [0.2, 0.25) is 0 Å². The molecule has 11 heavy (non-hydrogen) atoms. The fourth-order valence-corrected chi connectivity index (χ4v) is 0.540. The van der Waals surface area contributed by atoms with Crippen LogP contribution in [0.2, 0.25) is 0 Å². The maximum absolute atomic E-state index is 5.39. The van der Waals surface area contributed by atoms with E-state index < -0.39 is 0 Å². The normalized spacial score (nSPS) is 12.4. The van der Waals surface area contributed by atoms with Crippen LogP contribution in [0.15, 0.2) is 16.5 Å². The molecule has 2 N–H and O–H groups in total. The zero-order chi connectivity index (χ0) is 8.53. The standard InChI is InChI=1S/C7H13ClN2O/c1-2-3-6-11-7(9)4-5-10-8/h4-5H,2-3,6,9H2,1H3. The highest BCUT2D eigenvalue weighted by molar-refractivity contribution is 6.18. The van der Waals surface area contributed by atoms with Crippen molar-refractivity contribution in [2.75, 3.05) is 6.61 Å². The Kier molecular flexibility index (Phi) is 6.94. The maximum Gasteiger partial charge on any atom is 0.185 e. The minimum atomic E-state index is 0.350. The lowest BCUT2D eigenvalue weighted by Gasteiger charge is -2.02. The summed E-state index contributed by atoms with van der Waals surface area (Å²) in [7, 11) is 0. The van der Waals surface area contributed by atoms with Crippen molar-refractivity contribution < 1.29 is 4.74 Å². The van der Waals surface area contributed by atoms with E-state index in [1.54, 1.807) is 0 Å². The molecule has 0 heterocycles. The molecular formula is C7H13ClN2O. The summed E-state index contributed by atoms with van der Waals surface area (Å²) in [5.74, 6) is 0.350. The van der Waals surface area contributed by atoms with Crippen molar-refractivity contribution in [2.24, 2.45) is 10.2 Å². The molecular weight excluding hydrogens is 164 g/mol. The molecule has 0 fully saturated rings. The van der Waals surface area contributed by atoms with Crippen LogP contribution in [-0.2, 0) is 4.74 Å². The van der Waals surface area contributed by atoms with Crippen molar-refractivity contribution >= 4 is 18.0 Å². The third-order valence-electron chi connectivity index (χ3n) is 1.06. The van der Waals surface area contributed by atoms with Gasteiger partial charge < -0.3 is 10.5 Å². The van der Waals surface area contributed by atoms with Crippen LogP contribution in [0.25, 0.3) is 0 Å². The Labute approximate surface area is 72.0 Å². The number of rotatable bonds is 5. The average molecular weight is 177 g/mol. The SMILES string of the molecule is CCCCOC(N)=CC=NCl. The number of unbranched alkanes of at least 4 members (excludes halogenated alkanes) is 1. The number of halogens is 1. The smallest absolute Gasteiger partial charge is 0.185 e. The molecule has 0 radical (unpaired) electrons. The second-order valence-electron chi connectivity index (χ2n) is 2.02. The summed E-state index contributed by atoms with van der Waals surface area (Å²) in [6.07, 6.45) is 4.99. The molecule has 0 unspecified atom stereocenters. The second kappa shape index (κ2) is 7.41. The third kappa shape index (κ3) is 7.19. The molecule has 0 aromatic heterocycles. The minimum Gasteiger partial charge on any atom is -0.479 e. The lowest BCUT2D eigenvalue weighted by Crippen LogP contribution is -2.03. The predicted molar refractivity (Wildman–Crippen MR) is 47.5 cm³/mol. The summed E-state index contributed by atoms with van der Waals surface area (Å²) in [5, 5.41) is 0. The van der Waals surface area contributed by atoms with Gasteiger partial charge in [0, 0.05) is 24.1 Å². The van der Waals surface area contributed by atoms with Crippen molar-refractivity contribution in [3.63, 3.8) is 0 Å². The van der Waals surface area contributed by atoms with Crippen LogP contribution in [0.4, 0.5) is 0 Å². The predicted octanol–water partition coefficient (Wildman–Crippen LogP) is 1.83. The molecule has 0 aliphatic carbocycles. The van der Waals surface area contributed by atoms with E-state index >= 15 is 0 Å². The molecule has 0 aliphatic rings. The van der Waals surface area contributed by atoms with Gasteiger partial charge in [-0.3, -0.25) is 0 Å². The molecule has 0 amide bonds. The molecule has 4 heteroatoms. The Bertz CT molecular complexity index is 145. The van der Waals surface area contributed by atoms with Crippen LogP contribution in [0.1, 0.15) is 19.8 Å². The zero-order valence-electron chi connectivity index (χ0n) is 6.59. The molecule has 0 saturated carbocycles. The van der Waals surface area contributed by atoms with Crippen LogP contribution in [0, 0.1) is 0 Å². The fourth-order valence-electron chi connectivity index (χ4n) is 0.484. The number of allylic oxidation sites excluding steroid dienone is 1. The first kappa shape index (κ1) is 10.3. The zero-order valence-corrected chi connectivity index (χ0v) is 7.34. The summed E-state index contributed by atoms with van der Waals surface area (Å²) < 4.78 is 8.29. The summed E-state index contributed by atoms with van der Waals surface area (Å²) in [6, 6.07) is 0. The van der Waals surface area contributed by atoms with Gasteiger partial charge in [-0.2, -0.15) is 4.51 Å². The quantitative estimate of drug-likeness (QED) is 0.395. The van der Waals surface area contributed by atoms with E-state index in [0.717, 1.165) is 12.8 Å². The van der Waals surface area contributed by atoms with Gasteiger partial charge in [-0.05, 0) is 6.42 Å². The van der Waals surface area contributed by atoms with Gasteiger partial charge in [-0.1, -0.05) is 13.3 Å². The highest BCUT2D eigenvalue weighted by atomic mass is 35.5. The minimum absolute atomic E-state index is 0.350. The first-order valence-electron chi connectivity index (χ1n) is 3.54. The first-order valence-corrected chi connectivity index (χ1v) is 3.88. The highest BCUT2D eigenvalue weighted by Gasteiger charge is 1.87. The van der Waals surface area contributed by atoms with E-state index in [1.807, 2.05) is 0 Å². The maximum atomic E-state index is 5.39. The molecule has 0 spiro atoms. The monoisotopic (exact) mass is 176 g/mol. The van der Waals surface area contributed by atoms with Crippen molar-refractivity contribution in [3.8, 4) is 0 Å². The van der Waals surface area contributed by atoms with Crippen molar-refractivity contribution in [2.45, 2.75) is 19.8 Å². The Morgan fingerprint density at radius 2 is 2.45 bits per heavy atom. The number of nitrogens with two attached hydrogens (primary N) is 1. The second-order valence-corrected chi connectivity index (χ2v) is 2.21. The van der Waals surface area contributed by atoms with Crippen LogP contribution in [0.5, 0.6) is 0 Å². The molecule has 0 aromatic carbocycles. The Balaban J connectivity index is 3.42. The van der Waals surface area contributed by atoms with Gasteiger partial charge in [0.15, 0.2) is 5.88 Å². The summed E-state index contributed by atoms with van der Waals surface area (Å²) in [6.45, 7) is 2.73. The van der Waals surface area contributed by atoms with Crippen molar-refractivity contribution in [1.29, 1.82) is 0 Å².